The van der Waals surface area contributed by atoms with Crippen LogP contribution in [0.25, 0.3) is 11.0 Å². The molecule has 0 unspecified atom stereocenters. The second-order valence-corrected chi connectivity index (χ2v) is 9.86. The molecule has 30 heavy (non-hydrogen) atoms. The van der Waals surface area contributed by atoms with Crippen molar-refractivity contribution in [3.8, 4) is 0 Å². The van der Waals surface area contributed by atoms with Crippen LogP contribution in [-0.4, -0.2) is 52.3 Å². The Morgan fingerprint density at radius 2 is 1.80 bits per heavy atom. The molecule has 158 valence electrons. The van der Waals surface area contributed by atoms with E-state index in [-0.39, 0.29) is 6.09 Å². The molecule has 4 rings (SSSR count). The van der Waals surface area contributed by atoms with Gasteiger partial charge in [-0.15, -0.1) is 0 Å². The zero-order valence-corrected chi connectivity index (χ0v) is 19.8. The second-order valence-electron chi connectivity index (χ2n) is 8.62. The molecule has 0 amide bonds. The Bertz CT molecular complexity index is 1030. The number of halogens is 1. The van der Waals surface area contributed by atoms with Crippen molar-refractivity contribution in [3.05, 3.63) is 57.9 Å². The maximum absolute atomic E-state index is 12.7. The van der Waals surface area contributed by atoms with Gasteiger partial charge >= 0.3 is 6.09 Å². The number of ether oxygens (including phenoxy) is 1. The number of fused-ring (bicyclic) bond motifs is 1. The monoisotopic (exact) mass is 518 g/mol. The van der Waals surface area contributed by atoms with Gasteiger partial charge in [-0.1, -0.05) is 0 Å². The zero-order valence-electron chi connectivity index (χ0n) is 17.6. The molecule has 2 aromatic heterocycles. The van der Waals surface area contributed by atoms with Crippen molar-refractivity contribution >= 4 is 45.4 Å². The highest BCUT2D eigenvalue weighted by molar-refractivity contribution is 14.1. The van der Waals surface area contributed by atoms with Crippen LogP contribution in [0.15, 0.2) is 48.8 Å². The topological polar surface area (TPSA) is 50.6 Å². The molecule has 1 aromatic carbocycles. The highest BCUT2D eigenvalue weighted by Gasteiger charge is 2.23. The summed E-state index contributed by atoms with van der Waals surface area (Å²) < 4.78 is 8.36. The second kappa shape index (κ2) is 8.55. The van der Waals surface area contributed by atoms with E-state index in [4.69, 9.17) is 4.74 Å². The molecule has 3 aromatic rings. The SMILES string of the molecule is CC(C)(C)OC(=O)n1cc(CN2CCN(c3ccc(I)cc3)CC2)c2cccnc21. The van der Waals surface area contributed by atoms with Crippen LogP contribution in [0, 0.1) is 3.57 Å². The van der Waals surface area contributed by atoms with Crippen LogP contribution in [-0.2, 0) is 11.3 Å². The minimum absolute atomic E-state index is 0.388. The van der Waals surface area contributed by atoms with E-state index < -0.39 is 5.60 Å². The highest BCUT2D eigenvalue weighted by atomic mass is 127. The number of rotatable bonds is 3. The van der Waals surface area contributed by atoms with Crippen LogP contribution in [0.1, 0.15) is 26.3 Å². The lowest BCUT2D eigenvalue weighted by Gasteiger charge is -2.36. The minimum Gasteiger partial charge on any atom is -0.443 e. The third-order valence-electron chi connectivity index (χ3n) is 5.19. The largest absolute Gasteiger partial charge is 0.443 e. The molecule has 0 saturated carbocycles. The van der Waals surface area contributed by atoms with Crippen molar-refractivity contribution < 1.29 is 9.53 Å². The first kappa shape index (κ1) is 21.1. The molecule has 1 aliphatic rings. The zero-order chi connectivity index (χ0) is 21.3. The Balaban J connectivity index is 1.48. The summed E-state index contributed by atoms with van der Waals surface area (Å²) in [5.41, 5.74) is 2.49. The predicted octanol–water partition coefficient (Wildman–Crippen LogP) is 4.75. The number of benzene rings is 1. The molecule has 6 nitrogen and oxygen atoms in total. The van der Waals surface area contributed by atoms with Gasteiger partial charge in [0.2, 0.25) is 0 Å². The van der Waals surface area contributed by atoms with Crippen LogP contribution >= 0.6 is 22.6 Å². The first-order chi connectivity index (χ1) is 14.3. The molecule has 1 aliphatic heterocycles. The lowest BCUT2D eigenvalue weighted by atomic mass is 10.2. The van der Waals surface area contributed by atoms with Crippen molar-refractivity contribution in [2.24, 2.45) is 0 Å². The number of pyridine rings is 1. The van der Waals surface area contributed by atoms with Gasteiger partial charge in [0.1, 0.15) is 11.2 Å². The van der Waals surface area contributed by atoms with E-state index in [1.165, 1.54) is 13.8 Å². The van der Waals surface area contributed by atoms with Crippen molar-refractivity contribution in [2.45, 2.75) is 32.9 Å². The molecule has 3 heterocycles. The third kappa shape index (κ3) is 4.78. The van der Waals surface area contributed by atoms with Gasteiger partial charge in [-0.2, -0.15) is 0 Å². The average Bonchev–Trinajstić information content (AvgIpc) is 3.07. The van der Waals surface area contributed by atoms with E-state index in [0.29, 0.717) is 5.65 Å². The Hall–Kier alpha value is -2.13. The van der Waals surface area contributed by atoms with Crippen molar-refractivity contribution in [3.63, 3.8) is 0 Å². The summed E-state index contributed by atoms with van der Waals surface area (Å²) in [5.74, 6) is 0. The van der Waals surface area contributed by atoms with Gasteiger partial charge < -0.3 is 9.64 Å². The van der Waals surface area contributed by atoms with Crippen LogP contribution in [0.2, 0.25) is 0 Å². The van der Waals surface area contributed by atoms with Crippen molar-refractivity contribution in [2.75, 3.05) is 31.1 Å². The van der Waals surface area contributed by atoms with E-state index in [1.54, 1.807) is 6.20 Å². The summed E-state index contributed by atoms with van der Waals surface area (Å²) in [6, 6.07) is 12.6. The number of piperazine rings is 1. The molecule has 0 spiro atoms. The van der Waals surface area contributed by atoms with E-state index in [0.717, 1.165) is 43.7 Å². The smallest absolute Gasteiger partial charge is 0.420 e. The fourth-order valence-corrected chi connectivity index (χ4v) is 4.12. The van der Waals surface area contributed by atoms with Gasteiger partial charge in [-0.25, -0.2) is 14.3 Å². The van der Waals surface area contributed by atoms with E-state index in [9.17, 15) is 4.79 Å². The summed E-state index contributed by atoms with van der Waals surface area (Å²) in [6.07, 6.45) is 3.21. The van der Waals surface area contributed by atoms with Crippen LogP contribution in [0.4, 0.5) is 10.5 Å². The molecular weight excluding hydrogens is 491 g/mol. The van der Waals surface area contributed by atoms with E-state index in [1.807, 2.05) is 39.1 Å². The molecule has 0 bridgehead atoms. The molecule has 0 N–H and O–H groups in total. The summed E-state index contributed by atoms with van der Waals surface area (Å²) in [5, 5.41) is 1.00. The Kier molecular flexibility index (Phi) is 6.02. The lowest BCUT2D eigenvalue weighted by molar-refractivity contribution is 0.0543. The molecule has 0 radical (unpaired) electrons. The first-order valence-corrected chi connectivity index (χ1v) is 11.3. The minimum atomic E-state index is -0.547. The van der Waals surface area contributed by atoms with Crippen molar-refractivity contribution in [1.29, 1.82) is 0 Å². The normalized spacial score (nSPS) is 15.5. The summed E-state index contributed by atoms with van der Waals surface area (Å²) >= 11 is 2.34. The quantitative estimate of drug-likeness (QED) is 0.469. The third-order valence-corrected chi connectivity index (χ3v) is 5.91. The number of hydrogen-bond donors (Lipinski definition) is 0. The van der Waals surface area contributed by atoms with Gasteiger partial charge in [0.15, 0.2) is 0 Å². The molecule has 7 heteroatoms. The molecule has 0 atom stereocenters. The molecule has 1 saturated heterocycles. The fourth-order valence-electron chi connectivity index (χ4n) is 3.76. The van der Waals surface area contributed by atoms with Crippen LogP contribution in [0.3, 0.4) is 0 Å². The average molecular weight is 518 g/mol. The van der Waals surface area contributed by atoms with E-state index in [2.05, 4.69) is 61.6 Å². The maximum atomic E-state index is 12.7. The summed E-state index contributed by atoms with van der Waals surface area (Å²) in [6.45, 7) is 10.3. The van der Waals surface area contributed by atoms with Crippen LogP contribution < -0.4 is 4.90 Å². The number of anilines is 1. The Morgan fingerprint density at radius 1 is 1.10 bits per heavy atom. The van der Waals surface area contributed by atoms with Crippen LogP contribution in [0.5, 0.6) is 0 Å². The highest BCUT2D eigenvalue weighted by Crippen LogP contribution is 2.24. The lowest BCUT2D eigenvalue weighted by Crippen LogP contribution is -2.45. The summed E-state index contributed by atoms with van der Waals surface area (Å²) in [7, 11) is 0. The number of hydrogen-bond acceptors (Lipinski definition) is 5. The van der Waals surface area contributed by atoms with E-state index >= 15 is 0 Å². The fraction of sp³-hybridized carbons (Fsp3) is 0.391. The molecule has 0 aliphatic carbocycles. The number of carbonyl (C=O) groups is 1. The standard InChI is InChI=1S/C23H27IN4O2/c1-23(2,3)30-22(29)28-16-17(20-5-4-10-25-21(20)28)15-26-11-13-27(14-12-26)19-8-6-18(24)7-9-19/h4-10,16H,11-15H2,1-3H3. The number of aromatic nitrogens is 2. The van der Waals surface area contributed by atoms with Crippen molar-refractivity contribution in [1.82, 2.24) is 14.5 Å². The van der Waals surface area contributed by atoms with Gasteiger partial charge in [0.25, 0.3) is 0 Å². The molecule has 1 fully saturated rings. The molecular formula is C23H27IN4O2. The Labute approximate surface area is 191 Å². The Morgan fingerprint density at radius 3 is 2.47 bits per heavy atom. The number of nitrogens with zero attached hydrogens (tertiary/aromatic N) is 4. The van der Waals surface area contributed by atoms with Gasteiger partial charge in [-0.05, 0) is 85.3 Å². The summed E-state index contributed by atoms with van der Waals surface area (Å²) in [4.78, 5) is 22.0. The first-order valence-electron chi connectivity index (χ1n) is 10.2. The maximum Gasteiger partial charge on any atom is 0.420 e. The van der Waals surface area contributed by atoms with Gasteiger partial charge in [0, 0.05) is 59.8 Å². The van der Waals surface area contributed by atoms with Gasteiger partial charge in [-0.3, -0.25) is 4.90 Å². The van der Waals surface area contributed by atoms with Gasteiger partial charge in [0.05, 0.1) is 0 Å². The number of carbonyl (C=O) groups excluding carboxylic acids is 1. The predicted molar refractivity (Wildman–Crippen MR) is 128 cm³/mol.